The average molecular weight is 667 g/mol. The molecule has 8 heteroatoms. The zero-order chi connectivity index (χ0) is 35.3. The standard InChI is InChI=1S/C41H32O7.CH2O/c42-40(43)38-26-31(24-29-9-5-2-6-10-29)11-21-37(38)41(44)48-36-19-15-33(16-20-36)32-13-17-35(18-14-32)47-39-22-12-30(25-34(39)27-46-45)23-28-7-3-1-4-8-28;1-2/h1-22,25-26,45H,23-24,27H2,(H,42,43);1H2. The lowest BCUT2D eigenvalue weighted by Gasteiger charge is -2.13. The third-order valence-electron chi connectivity index (χ3n) is 7.86. The normalized spacial score (nSPS) is 10.4. The van der Waals surface area contributed by atoms with Crippen LogP contribution in [0.2, 0.25) is 0 Å². The lowest BCUT2D eigenvalue weighted by Crippen LogP contribution is -2.14. The Morgan fingerprint density at radius 3 is 1.62 bits per heavy atom. The van der Waals surface area contributed by atoms with E-state index in [1.807, 2.05) is 110 Å². The van der Waals surface area contributed by atoms with Gasteiger partial charge in [0.1, 0.15) is 30.6 Å². The maximum atomic E-state index is 13.0. The number of esters is 1. The van der Waals surface area contributed by atoms with E-state index in [0.717, 1.165) is 39.8 Å². The number of hydrogen-bond acceptors (Lipinski definition) is 7. The van der Waals surface area contributed by atoms with Gasteiger partial charge in [-0.05, 0) is 94.8 Å². The molecule has 0 unspecified atom stereocenters. The second-order valence-electron chi connectivity index (χ2n) is 11.3. The Bertz CT molecular complexity index is 2020. The molecule has 0 aliphatic rings. The second-order valence-corrected chi connectivity index (χ2v) is 11.3. The lowest BCUT2D eigenvalue weighted by molar-refractivity contribution is -0.253. The maximum Gasteiger partial charge on any atom is 0.344 e. The lowest BCUT2D eigenvalue weighted by atomic mass is 9.99. The van der Waals surface area contributed by atoms with E-state index in [-0.39, 0.29) is 17.7 Å². The van der Waals surface area contributed by atoms with Crippen LogP contribution in [0.25, 0.3) is 11.1 Å². The molecule has 0 atom stereocenters. The first kappa shape index (κ1) is 35.0. The van der Waals surface area contributed by atoms with E-state index in [4.69, 9.17) is 19.5 Å². The van der Waals surface area contributed by atoms with Crippen LogP contribution in [0.3, 0.4) is 0 Å². The van der Waals surface area contributed by atoms with Crippen LogP contribution in [0.15, 0.2) is 146 Å². The fourth-order valence-electron chi connectivity index (χ4n) is 5.46. The number of rotatable bonds is 12. The van der Waals surface area contributed by atoms with Crippen LogP contribution in [0.5, 0.6) is 17.2 Å². The number of aromatic carboxylic acids is 1. The van der Waals surface area contributed by atoms with E-state index in [1.165, 1.54) is 17.7 Å². The van der Waals surface area contributed by atoms with Gasteiger partial charge in [-0.2, -0.15) is 0 Å². The third-order valence-corrected chi connectivity index (χ3v) is 7.86. The highest BCUT2D eigenvalue weighted by Crippen LogP contribution is 2.31. The first-order chi connectivity index (χ1) is 24.4. The van der Waals surface area contributed by atoms with Crippen molar-refractivity contribution in [3.63, 3.8) is 0 Å². The number of carboxylic acids is 1. The number of carbonyl (C=O) groups is 3. The summed E-state index contributed by atoms with van der Waals surface area (Å²) in [5.74, 6) is -0.451. The van der Waals surface area contributed by atoms with Crippen molar-refractivity contribution in [3.8, 4) is 28.4 Å². The molecule has 0 saturated heterocycles. The first-order valence-electron chi connectivity index (χ1n) is 15.7. The number of carboxylic acid groups (broad SMARTS) is 1. The Hall–Kier alpha value is -6.35. The van der Waals surface area contributed by atoms with Crippen LogP contribution in [0.1, 0.15) is 48.5 Å². The van der Waals surface area contributed by atoms with E-state index < -0.39 is 11.9 Å². The molecule has 0 aliphatic carbocycles. The highest BCUT2D eigenvalue weighted by atomic mass is 17.1. The van der Waals surface area contributed by atoms with E-state index in [2.05, 4.69) is 17.0 Å². The summed E-state index contributed by atoms with van der Waals surface area (Å²) < 4.78 is 11.7. The van der Waals surface area contributed by atoms with Crippen molar-refractivity contribution < 1.29 is 39.1 Å². The van der Waals surface area contributed by atoms with Gasteiger partial charge in [0.15, 0.2) is 0 Å². The molecule has 6 aromatic rings. The van der Waals surface area contributed by atoms with Crippen LogP contribution >= 0.6 is 0 Å². The molecule has 0 fully saturated rings. The molecule has 6 aromatic carbocycles. The smallest absolute Gasteiger partial charge is 0.344 e. The average Bonchev–Trinajstić information content (AvgIpc) is 3.15. The zero-order valence-electron chi connectivity index (χ0n) is 27.0. The predicted molar refractivity (Wildman–Crippen MR) is 190 cm³/mol. The van der Waals surface area contributed by atoms with Gasteiger partial charge in [-0.25, -0.2) is 14.5 Å². The van der Waals surface area contributed by atoms with Crippen molar-refractivity contribution >= 4 is 18.7 Å². The minimum atomic E-state index is -1.20. The van der Waals surface area contributed by atoms with Gasteiger partial charge < -0.3 is 19.4 Å². The molecule has 0 heterocycles. The Kier molecular flexibility index (Phi) is 12.0. The van der Waals surface area contributed by atoms with E-state index in [1.54, 1.807) is 18.2 Å². The van der Waals surface area contributed by atoms with Gasteiger partial charge in [0.05, 0.1) is 11.1 Å². The second kappa shape index (κ2) is 17.2. The van der Waals surface area contributed by atoms with Crippen molar-refractivity contribution in [1.29, 1.82) is 0 Å². The van der Waals surface area contributed by atoms with Crippen LogP contribution in [-0.2, 0) is 29.1 Å². The molecule has 50 heavy (non-hydrogen) atoms. The number of carbonyl (C=O) groups excluding carboxylic acids is 2. The van der Waals surface area contributed by atoms with E-state index in [9.17, 15) is 14.7 Å². The Balaban J connectivity index is 0.00000239. The van der Waals surface area contributed by atoms with Crippen molar-refractivity contribution in [2.24, 2.45) is 0 Å². The van der Waals surface area contributed by atoms with Crippen molar-refractivity contribution in [3.05, 3.63) is 185 Å². The Labute approximate surface area is 289 Å². The molecule has 250 valence electrons. The van der Waals surface area contributed by atoms with E-state index >= 15 is 0 Å². The molecule has 0 saturated carbocycles. The SMILES string of the molecule is C=O.O=C(O)c1cc(Cc2ccccc2)ccc1C(=O)Oc1ccc(-c2ccc(Oc3ccc(Cc4ccccc4)cc3COO)cc2)cc1. The molecule has 0 bridgehead atoms. The monoisotopic (exact) mass is 666 g/mol. The fourth-order valence-corrected chi connectivity index (χ4v) is 5.46. The summed E-state index contributed by atoms with van der Waals surface area (Å²) in [6.07, 6.45) is 1.30. The summed E-state index contributed by atoms with van der Waals surface area (Å²) in [5.41, 5.74) is 6.48. The molecule has 0 radical (unpaired) electrons. The van der Waals surface area contributed by atoms with Gasteiger partial charge >= 0.3 is 11.9 Å². The first-order valence-corrected chi connectivity index (χ1v) is 15.7. The summed E-state index contributed by atoms with van der Waals surface area (Å²) in [6, 6.07) is 44.9. The summed E-state index contributed by atoms with van der Waals surface area (Å²) in [6.45, 7) is 1.99. The van der Waals surface area contributed by atoms with Crippen LogP contribution in [0, 0.1) is 0 Å². The zero-order valence-corrected chi connectivity index (χ0v) is 27.0. The van der Waals surface area contributed by atoms with Gasteiger partial charge in [0, 0.05) is 5.56 Å². The molecule has 0 aromatic heterocycles. The fraction of sp³-hybridized carbons (Fsp3) is 0.0714. The summed E-state index contributed by atoms with van der Waals surface area (Å²) >= 11 is 0. The van der Waals surface area contributed by atoms with Gasteiger partial charge in [-0.15, -0.1) is 0 Å². The third kappa shape index (κ3) is 9.17. The van der Waals surface area contributed by atoms with Crippen LogP contribution in [-0.4, -0.2) is 29.1 Å². The molecule has 0 aliphatic heterocycles. The number of ether oxygens (including phenoxy) is 2. The largest absolute Gasteiger partial charge is 0.478 e. The number of benzene rings is 6. The predicted octanol–water partition coefficient (Wildman–Crippen LogP) is 9.05. The highest BCUT2D eigenvalue weighted by molar-refractivity contribution is 6.03. The summed E-state index contributed by atoms with van der Waals surface area (Å²) in [5, 5.41) is 19.0. The maximum absolute atomic E-state index is 13.0. The quantitative estimate of drug-likeness (QED) is 0.0575. The van der Waals surface area contributed by atoms with Gasteiger partial charge in [-0.3, -0.25) is 5.26 Å². The van der Waals surface area contributed by atoms with Gasteiger partial charge in [-0.1, -0.05) is 97.1 Å². The highest BCUT2D eigenvalue weighted by Gasteiger charge is 2.19. The van der Waals surface area contributed by atoms with Crippen LogP contribution in [0.4, 0.5) is 0 Å². The van der Waals surface area contributed by atoms with Gasteiger partial charge in [0.25, 0.3) is 0 Å². The summed E-state index contributed by atoms with van der Waals surface area (Å²) in [4.78, 5) is 37.4. The topological polar surface area (TPSA) is 119 Å². The van der Waals surface area contributed by atoms with Crippen molar-refractivity contribution in [2.75, 3.05) is 0 Å². The minimum absolute atomic E-state index is 0.00976. The molecular weight excluding hydrogens is 632 g/mol. The molecule has 0 amide bonds. The summed E-state index contributed by atoms with van der Waals surface area (Å²) in [7, 11) is 0. The van der Waals surface area contributed by atoms with Gasteiger partial charge in [0.2, 0.25) is 0 Å². The Morgan fingerprint density at radius 2 is 1.08 bits per heavy atom. The Morgan fingerprint density at radius 1 is 0.560 bits per heavy atom. The number of hydrogen-bond donors (Lipinski definition) is 2. The van der Waals surface area contributed by atoms with E-state index in [0.29, 0.717) is 23.7 Å². The van der Waals surface area contributed by atoms with Crippen molar-refractivity contribution in [1.82, 2.24) is 0 Å². The molecule has 0 spiro atoms. The minimum Gasteiger partial charge on any atom is -0.478 e. The molecule has 6 rings (SSSR count). The molecule has 2 N–H and O–H groups in total. The molecular formula is C42H34O8. The van der Waals surface area contributed by atoms with Crippen molar-refractivity contribution in [2.45, 2.75) is 19.4 Å². The van der Waals surface area contributed by atoms with Crippen LogP contribution < -0.4 is 9.47 Å². The molecule has 8 nitrogen and oxygen atoms in total.